The number of ether oxygens (including phenoxy) is 2. The summed E-state index contributed by atoms with van der Waals surface area (Å²) in [6.45, 7) is 3.87. The van der Waals surface area contributed by atoms with Crippen molar-refractivity contribution in [2.75, 3.05) is 13.2 Å². The van der Waals surface area contributed by atoms with Gasteiger partial charge in [0.15, 0.2) is 6.29 Å². The summed E-state index contributed by atoms with van der Waals surface area (Å²) in [6.07, 6.45) is 47.1. The molecule has 1 rings (SSSR count). The zero-order valence-corrected chi connectivity index (χ0v) is 42.3. The maximum Gasteiger partial charge on any atom is 0.220 e. The van der Waals surface area contributed by atoms with E-state index in [1.807, 2.05) is 0 Å². The molecule has 2 unspecified atom stereocenters. The second-order valence-electron chi connectivity index (χ2n) is 20.1. The number of carbonyl (C=O) groups excluding carboxylic acids is 1. The van der Waals surface area contributed by atoms with Crippen LogP contribution in [-0.4, -0.2) is 87.5 Å². The van der Waals surface area contributed by atoms with Crippen molar-refractivity contribution in [1.82, 2.24) is 5.32 Å². The highest BCUT2D eigenvalue weighted by Gasteiger charge is 2.44. The van der Waals surface area contributed by atoms with E-state index in [1.54, 1.807) is 0 Å². The molecule has 1 heterocycles. The highest BCUT2D eigenvalue weighted by Crippen LogP contribution is 2.23. The molecule has 0 saturated carbocycles. The Labute approximate surface area is 395 Å². The average Bonchev–Trinajstić information content (AvgIpc) is 3.29. The van der Waals surface area contributed by atoms with Crippen LogP contribution in [0.15, 0.2) is 0 Å². The molecule has 7 atom stereocenters. The Hall–Kier alpha value is -0.810. The predicted molar refractivity (Wildman–Crippen MR) is 268 cm³/mol. The summed E-state index contributed by atoms with van der Waals surface area (Å²) in [5.41, 5.74) is 0. The van der Waals surface area contributed by atoms with E-state index in [2.05, 4.69) is 19.2 Å². The molecule has 0 aromatic rings. The Morgan fingerprint density at radius 1 is 0.469 bits per heavy atom. The summed E-state index contributed by atoms with van der Waals surface area (Å²) in [7, 11) is 0. The van der Waals surface area contributed by atoms with Crippen LogP contribution in [0.1, 0.15) is 290 Å². The monoisotopic (exact) mass is 912 g/mol. The standard InChI is InChI=1S/C55H109NO8/c1-3-5-7-9-11-13-15-17-18-19-20-21-22-23-24-25-26-27-28-29-30-31-33-35-37-39-41-43-45-51(59)56-48(47-63-55-54(62)53(61)52(60)50(46-57)64-55)49(58)44-42-40-38-36-34-32-16-14-12-10-8-6-4-2/h48-50,52-55,57-58,60-62H,3-47H2,1-2H3,(H,56,59)/t48-,49+,50+,52+,53?,54?,55+/m0/s1. The Bertz CT molecular complexity index is 970. The summed E-state index contributed by atoms with van der Waals surface area (Å²) >= 11 is 0. The zero-order valence-electron chi connectivity index (χ0n) is 42.3. The van der Waals surface area contributed by atoms with E-state index in [9.17, 15) is 30.3 Å². The Morgan fingerprint density at radius 3 is 1.11 bits per heavy atom. The lowest BCUT2D eigenvalue weighted by atomic mass is 9.99. The average molecular weight is 912 g/mol. The van der Waals surface area contributed by atoms with Crippen molar-refractivity contribution < 1.29 is 39.8 Å². The molecule has 1 aliphatic rings. The molecule has 1 amide bonds. The van der Waals surface area contributed by atoms with Crippen LogP contribution < -0.4 is 5.32 Å². The van der Waals surface area contributed by atoms with Gasteiger partial charge < -0.3 is 40.3 Å². The molecule has 382 valence electrons. The van der Waals surface area contributed by atoms with E-state index in [0.29, 0.717) is 12.8 Å². The third-order valence-electron chi connectivity index (χ3n) is 14.0. The first-order chi connectivity index (χ1) is 31.3. The van der Waals surface area contributed by atoms with Gasteiger partial charge in [-0.1, -0.05) is 271 Å². The second kappa shape index (κ2) is 45.9. The number of aliphatic hydroxyl groups is 5. The van der Waals surface area contributed by atoms with Crippen molar-refractivity contribution in [2.24, 2.45) is 0 Å². The summed E-state index contributed by atoms with van der Waals surface area (Å²) in [4.78, 5) is 13.0. The van der Waals surface area contributed by atoms with Crippen LogP contribution >= 0.6 is 0 Å². The van der Waals surface area contributed by atoms with Crippen molar-refractivity contribution in [3.63, 3.8) is 0 Å². The molecule has 0 bridgehead atoms. The summed E-state index contributed by atoms with van der Waals surface area (Å²) in [5.74, 6) is -0.137. The quantitative estimate of drug-likeness (QED) is 0.0331. The van der Waals surface area contributed by atoms with E-state index in [4.69, 9.17) is 9.47 Å². The van der Waals surface area contributed by atoms with Crippen LogP contribution in [0, 0.1) is 0 Å². The fourth-order valence-corrected chi connectivity index (χ4v) is 9.46. The first kappa shape index (κ1) is 61.2. The van der Waals surface area contributed by atoms with E-state index in [1.165, 1.54) is 225 Å². The van der Waals surface area contributed by atoms with Gasteiger partial charge in [0.1, 0.15) is 24.4 Å². The van der Waals surface area contributed by atoms with E-state index < -0.39 is 49.5 Å². The van der Waals surface area contributed by atoms with Gasteiger partial charge in [0.25, 0.3) is 0 Å². The Balaban J connectivity index is 2.13. The third kappa shape index (κ3) is 35.3. The summed E-state index contributed by atoms with van der Waals surface area (Å²) < 4.78 is 11.3. The molecule has 0 spiro atoms. The van der Waals surface area contributed by atoms with Gasteiger partial charge in [-0.25, -0.2) is 0 Å². The molecule has 9 heteroatoms. The lowest BCUT2D eigenvalue weighted by Crippen LogP contribution is -2.60. The molecule has 0 aromatic heterocycles. The second-order valence-corrected chi connectivity index (χ2v) is 20.1. The number of unbranched alkanes of at least 4 members (excludes halogenated alkanes) is 39. The number of carbonyl (C=O) groups is 1. The van der Waals surface area contributed by atoms with Crippen LogP contribution in [-0.2, 0) is 14.3 Å². The van der Waals surface area contributed by atoms with Crippen LogP contribution in [0.4, 0.5) is 0 Å². The lowest BCUT2D eigenvalue weighted by Gasteiger charge is -2.40. The fourth-order valence-electron chi connectivity index (χ4n) is 9.46. The highest BCUT2D eigenvalue weighted by molar-refractivity contribution is 5.76. The largest absolute Gasteiger partial charge is 0.394 e. The molecular formula is C55H109NO8. The minimum atomic E-state index is -1.55. The van der Waals surface area contributed by atoms with Crippen molar-refractivity contribution >= 4 is 5.91 Å². The van der Waals surface area contributed by atoms with Crippen molar-refractivity contribution in [1.29, 1.82) is 0 Å². The fraction of sp³-hybridized carbons (Fsp3) is 0.982. The maximum atomic E-state index is 13.0. The predicted octanol–water partition coefficient (Wildman–Crippen LogP) is 13.5. The molecule has 6 N–H and O–H groups in total. The number of aliphatic hydroxyl groups excluding tert-OH is 5. The van der Waals surface area contributed by atoms with Crippen LogP contribution in [0.5, 0.6) is 0 Å². The third-order valence-corrected chi connectivity index (χ3v) is 14.0. The number of amides is 1. The van der Waals surface area contributed by atoms with Gasteiger partial charge in [-0.15, -0.1) is 0 Å². The van der Waals surface area contributed by atoms with Crippen LogP contribution in [0.25, 0.3) is 0 Å². The van der Waals surface area contributed by atoms with Gasteiger partial charge in [-0.3, -0.25) is 4.79 Å². The molecule has 1 saturated heterocycles. The molecule has 1 fully saturated rings. The van der Waals surface area contributed by atoms with Crippen molar-refractivity contribution in [2.45, 2.75) is 333 Å². The van der Waals surface area contributed by atoms with Gasteiger partial charge in [-0.2, -0.15) is 0 Å². The zero-order chi connectivity index (χ0) is 46.6. The van der Waals surface area contributed by atoms with E-state index in [0.717, 1.165) is 38.5 Å². The Kier molecular flexibility index (Phi) is 43.9. The number of rotatable bonds is 49. The smallest absolute Gasteiger partial charge is 0.220 e. The summed E-state index contributed by atoms with van der Waals surface area (Å²) in [6, 6.07) is -0.712. The molecule has 1 aliphatic heterocycles. The number of nitrogens with one attached hydrogen (secondary N) is 1. The van der Waals surface area contributed by atoms with Crippen LogP contribution in [0.3, 0.4) is 0 Å². The van der Waals surface area contributed by atoms with E-state index in [-0.39, 0.29) is 12.5 Å². The number of hydrogen-bond acceptors (Lipinski definition) is 8. The molecule has 9 nitrogen and oxygen atoms in total. The molecule has 0 radical (unpaired) electrons. The molecular weight excluding hydrogens is 803 g/mol. The molecule has 0 aliphatic carbocycles. The highest BCUT2D eigenvalue weighted by atomic mass is 16.7. The lowest BCUT2D eigenvalue weighted by molar-refractivity contribution is -0.302. The molecule has 0 aromatic carbocycles. The first-order valence-electron chi connectivity index (χ1n) is 28.2. The van der Waals surface area contributed by atoms with Gasteiger partial charge in [0, 0.05) is 6.42 Å². The van der Waals surface area contributed by atoms with Crippen molar-refractivity contribution in [3.05, 3.63) is 0 Å². The topological polar surface area (TPSA) is 149 Å². The van der Waals surface area contributed by atoms with Gasteiger partial charge in [0.2, 0.25) is 5.91 Å². The minimum Gasteiger partial charge on any atom is -0.394 e. The van der Waals surface area contributed by atoms with Gasteiger partial charge in [0.05, 0.1) is 25.4 Å². The maximum absolute atomic E-state index is 13.0. The minimum absolute atomic E-state index is 0.131. The normalized spacial score (nSPS) is 19.9. The van der Waals surface area contributed by atoms with Crippen molar-refractivity contribution in [3.8, 4) is 0 Å². The van der Waals surface area contributed by atoms with Crippen LogP contribution in [0.2, 0.25) is 0 Å². The van der Waals surface area contributed by atoms with Gasteiger partial charge >= 0.3 is 0 Å². The SMILES string of the molecule is CCCCCCCCCCCCCCCCCCCCCCCCCCCCCCC(=O)N[C@@H](CO[C@@H]1O[C@H](CO)[C@@H](O)C(O)C1O)[C@H](O)CCCCCCCCCCCCCCC. The molecule has 64 heavy (non-hydrogen) atoms. The van der Waals surface area contributed by atoms with E-state index >= 15 is 0 Å². The van der Waals surface area contributed by atoms with Gasteiger partial charge in [-0.05, 0) is 12.8 Å². The first-order valence-corrected chi connectivity index (χ1v) is 28.2. The Morgan fingerprint density at radius 2 is 0.781 bits per heavy atom. The number of hydrogen-bond donors (Lipinski definition) is 6. The summed E-state index contributed by atoms with van der Waals surface area (Å²) in [5, 5.41) is 54.5.